The zero-order valence-corrected chi connectivity index (χ0v) is 12.6. The van der Waals surface area contributed by atoms with Crippen LogP contribution in [0.25, 0.3) is 0 Å². The Bertz CT molecular complexity index is 421. The van der Waals surface area contributed by atoms with Crippen LogP contribution in [0.1, 0.15) is 68.5 Å². The summed E-state index contributed by atoms with van der Waals surface area (Å²) in [6, 6.07) is 9.43. The number of benzene rings is 1. The highest BCUT2D eigenvalue weighted by Gasteiger charge is 2.31. The summed E-state index contributed by atoms with van der Waals surface area (Å²) in [4.78, 5) is 0. The molecule has 2 nitrogen and oxygen atoms in total. The summed E-state index contributed by atoms with van der Waals surface area (Å²) in [5, 5.41) is 3.75. The Morgan fingerprint density at radius 3 is 2.70 bits per heavy atom. The molecule has 3 rings (SSSR count). The third kappa shape index (κ3) is 2.91. The number of hydrogen-bond donors (Lipinski definition) is 1. The zero-order valence-electron chi connectivity index (χ0n) is 12.6. The van der Waals surface area contributed by atoms with Gasteiger partial charge in [0.1, 0.15) is 0 Å². The maximum absolute atomic E-state index is 5.99. The van der Waals surface area contributed by atoms with Gasteiger partial charge in [0.25, 0.3) is 0 Å². The molecule has 20 heavy (non-hydrogen) atoms. The van der Waals surface area contributed by atoms with Crippen LogP contribution in [-0.4, -0.2) is 19.3 Å². The number of nitrogens with one attached hydrogen (secondary N) is 1. The smallest absolute Gasteiger partial charge is 0.0770 e. The largest absolute Gasteiger partial charge is 0.376 e. The van der Waals surface area contributed by atoms with Crippen molar-refractivity contribution in [1.82, 2.24) is 5.32 Å². The summed E-state index contributed by atoms with van der Waals surface area (Å²) in [6.45, 7) is 4.24. The summed E-state index contributed by atoms with van der Waals surface area (Å²) in [7, 11) is 0. The molecule has 1 saturated heterocycles. The lowest BCUT2D eigenvalue weighted by Gasteiger charge is -2.32. The highest BCUT2D eigenvalue weighted by Crippen LogP contribution is 2.41. The van der Waals surface area contributed by atoms with Gasteiger partial charge in [0, 0.05) is 6.61 Å². The molecule has 1 heterocycles. The molecule has 0 radical (unpaired) electrons. The van der Waals surface area contributed by atoms with Crippen LogP contribution in [0.3, 0.4) is 0 Å². The minimum Gasteiger partial charge on any atom is -0.376 e. The first-order chi connectivity index (χ1) is 9.90. The maximum atomic E-state index is 5.99. The van der Waals surface area contributed by atoms with Crippen molar-refractivity contribution >= 4 is 0 Å². The lowest BCUT2D eigenvalue weighted by Crippen LogP contribution is -2.33. The van der Waals surface area contributed by atoms with Crippen molar-refractivity contribution in [2.45, 2.75) is 63.5 Å². The van der Waals surface area contributed by atoms with E-state index >= 15 is 0 Å². The summed E-state index contributed by atoms with van der Waals surface area (Å²) >= 11 is 0. The van der Waals surface area contributed by atoms with E-state index in [4.69, 9.17) is 4.74 Å². The second kappa shape index (κ2) is 6.73. The van der Waals surface area contributed by atoms with E-state index in [2.05, 4.69) is 36.5 Å². The van der Waals surface area contributed by atoms with Gasteiger partial charge in [-0.05, 0) is 55.7 Å². The van der Waals surface area contributed by atoms with Gasteiger partial charge in [0.2, 0.25) is 0 Å². The number of rotatable bonds is 6. The van der Waals surface area contributed by atoms with E-state index in [-0.39, 0.29) is 0 Å². The highest BCUT2D eigenvalue weighted by atomic mass is 16.5. The van der Waals surface area contributed by atoms with Crippen LogP contribution in [0, 0.1) is 0 Å². The molecule has 2 atom stereocenters. The third-order valence-electron chi connectivity index (χ3n) is 4.83. The van der Waals surface area contributed by atoms with Gasteiger partial charge in [0.15, 0.2) is 0 Å². The van der Waals surface area contributed by atoms with Gasteiger partial charge in [-0.15, -0.1) is 0 Å². The van der Waals surface area contributed by atoms with E-state index in [1.54, 1.807) is 5.56 Å². The molecule has 1 saturated carbocycles. The van der Waals surface area contributed by atoms with Crippen molar-refractivity contribution < 1.29 is 4.74 Å². The molecule has 1 aliphatic carbocycles. The Morgan fingerprint density at radius 2 is 2.05 bits per heavy atom. The van der Waals surface area contributed by atoms with Crippen LogP contribution in [0.15, 0.2) is 24.3 Å². The van der Waals surface area contributed by atoms with Gasteiger partial charge in [-0.1, -0.05) is 37.6 Å². The van der Waals surface area contributed by atoms with Gasteiger partial charge in [0.05, 0.1) is 12.1 Å². The molecule has 0 spiro atoms. The minimum absolute atomic E-state index is 0.364. The van der Waals surface area contributed by atoms with E-state index in [9.17, 15) is 0 Å². The van der Waals surface area contributed by atoms with Crippen LogP contribution in [-0.2, 0) is 4.74 Å². The standard InChI is InChI=1S/C18H27NO/c1-2-12-19-18(17-11-6-13-20-17)16-10-4-3-9-15(16)14-7-5-8-14/h3-4,9-10,14,17-19H,2,5-8,11-13H2,1H3. The summed E-state index contributed by atoms with van der Waals surface area (Å²) in [6.07, 6.45) is 8.07. The van der Waals surface area contributed by atoms with E-state index < -0.39 is 0 Å². The molecule has 2 fully saturated rings. The van der Waals surface area contributed by atoms with Gasteiger partial charge < -0.3 is 10.1 Å². The Labute approximate surface area is 122 Å². The molecular weight excluding hydrogens is 246 g/mol. The predicted octanol–water partition coefficient (Wildman–Crippen LogP) is 4.17. The predicted molar refractivity (Wildman–Crippen MR) is 83.0 cm³/mol. The van der Waals surface area contributed by atoms with Gasteiger partial charge in [-0.25, -0.2) is 0 Å². The molecule has 2 heteroatoms. The Balaban J connectivity index is 1.85. The van der Waals surface area contributed by atoms with Crippen LogP contribution in [0.2, 0.25) is 0 Å². The Kier molecular flexibility index (Phi) is 4.74. The molecule has 0 amide bonds. The average molecular weight is 273 g/mol. The first-order valence-corrected chi connectivity index (χ1v) is 8.34. The van der Waals surface area contributed by atoms with Crippen molar-refractivity contribution in [3.05, 3.63) is 35.4 Å². The fourth-order valence-electron chi connectivity index (χ4n) is 3.49. The van der Waals surface area contributed by atoms with Crippen molar-refractivity contribution in [3.63, 3.8) is 0 Å². The quantitative estimate of drug-likeness (QED) is 0.839. The number of ether oxygens (including phenoxy) is 1. The van der Waals surface area contributed by atoms with Gasteiger partial charge in [-0.2, -0.15) is 0 Å². The lowest BCUT2D eigenvalue weighted by atomic mass is 9.76. The van der Waals surface area contributed by atoms with Crippen LogP contribution in [0.5, 0.6) is 0 Å². The molecule has 2 aliphatic rings. The molecular formula is C18H27NO. The fraction of sp³-hybridized carbons (Fsp3) is 0.667. The van der Waals surface area contributed by atoms with E-state index in [1.807, 2.05) is 0 Å². The second-order valence-corrected chi connectivity index (χ2v) is 6.24. The fourth-order valence-corrected chi connectivity index (χ4v) is 3.49. The Morgan fingerprint density at radius 1 is 1.20 bits per heavy atom. The summed E-state index contributed by atoms with van der Waals surface area (Å²) in [5.41, 5.74) is 3.07. The minimum atomic E-state index is 0.364. The Hall–Kier alpha value is -0.860. The molecule has 1 aromatic rings. The first-order valence-electron chi connectivity index (χ1n) is 8.34. The van der Waals surface area contributed by atoms with Crippen molar-refractivity contribution in [2.75, 3.05) is 13.2 Å². The normalized spacial score (nSPS) is 24.6. The average Bonchev–Trinajstić information content (AvgIpc) is 2.93. The van der Waals surface area contributed by atoms with Crippen LogP contribution < -0.4 is 5.32 Å². The molecule has 1 aliphatic heterocycles. The highest BCUT2D eigenvalue weighted by molar-refractivity contribution is 5.35. The molecule has 1 N–H and O–H groups in total. The van der Waals surface area contributed by atoms with E-state index in [1.165, 1.54) is 44.1 Å². The lowest BCUT2D eigenvalue weighted by molar-refractivity contribution is 0.0777. The third-order valence-corrected chi connectivity index (χ3v) is 4.83. The zero-order chi connectivity index (χ0) is 13.8. The van der Waals surface area contributed by atoms with Crippen LogP contribution in [0.4, 0.5) is 0 Å². The SMILES string of the molecule is CCCNC(c1ccccc1C1CCC1)C1CCCO1. The molecule has 0 bridgehead atoms. The van der Waals surface area contributed by atoms with Crippen molar-refractivity contribution in [3.8, 4) is 0 Å². The van der Waals surface area contributed by atoms with Crippen LogP contribution >= 0.6 is 0 Å². The molecule has 1 aromatic carbocycles. The topological polar surface area (TPSA) is 21.3 Å². The van der Waals surface area contributed by atoms with E-state index in [0.717, 1.165) is 19.1 Å². The number of hydrogen-bond acceptors (Lipinski definition) is 2. The van der Waals surface area contributed by atoms with E-state index in [0.29, 0.717) is 12.1 Å². The van der Waals surface area contributed by atoms with Gasteiger partial charge >= 0.3 is 0 Å². The summed E-state index contributed by atoms with van der Waals surface area (Å²) < 4.78 is 5.99. The van der Waals surface area contributed by atoms with Crippen molar-refractivity contribution in [2.24, 2.45) is 0 Å². The maximum Gasteiger partial charge on any atom is 0.0770 e. The molecule has 0 aromatic heterocycles. The van der Waals surface area contributed by atoms with Gasteiger partial charge in [-0.3, -0.25) is 0 Å². The molecule has 110 valence electrons. The first kappa shape index (κ1) is 14.1. The second-order valence-electron chi connectivity index (χ2n) is 6.24. The monoisotopic (exact) mass is 273 g/mol. The molecule has 2 unspecified atom stereocenters. The summed E-state index contributed by atoms with van der Waals surface area (Å²) in [5.74, 6) is 0.790. The van der Waals surface area contributed by atoms with Crippen molar-refractivity contribution in [1.29, 1.82) is 0 Å².